The summed E-state index contributed by atoms with van der Waals surface area (Å²) in [5.41, 5.74) is 0. The molecule has 0 N–H and O–H groups in total. The molecule has 0 aromatic rings. The third-order valence-electron chi connectivity index (χ3n) is 8.10. The van der Waals surface area contributed by atoms with E-state index in [1.165, 1.54) is 0 Å². The zero-order valence-electron chi connectivity index (χ0n) is 16.5. The molecule has 6 unspecified atom stereocenters. The predicted octanol–water partition coefficient (Wildman–Crippen LogP) is 2.65. The quantitative estimate of drug-likeness (QED) is 0.684. The second-order valence-electron chi connectivity index (χ2n) is 9.56. The maximum absolute atomic E-state index is 13.0. The van der Waals surface area contributed by atoms with E-state index >= 15 is 0 Å². The van der Waals surface area contributed by atoms with Crippen LogP contribution in [-0.4, -0.2) is 45.5 Å². The van der Waals surface area contributed by atoms with Crippen molar-refractivity contribution in [2.75, 3.05) is 0 Å². The Morgan fingerprint density at radius 1 is 0.464 bits per heavy atom. The van der Waals surface area contributed by atoms with Crippen molar-refractivity contribution in [2.45, 2.75) is 89.1 Å². The van der Waals surface area contributed by atoms with Gasteiger partial charge >= 0.3 is 0 Å². The molecule has 2 heterocycles. The molecule has 4 amide bonds. The molecule has 3 saturated carbocycles. The van der Waals surface area contributed by atoms with Gasteiger partial charge in [-0.05, 0) is 51.4 Å². The Morgan fingerprint density at radius 2 is 0.786 bits per heavy atom. The molecule has 0 bridgehead atoms. The van der Waals surface area contributed by atoms with E-state index < -0.39 is 0 Å². The van der Waals surface area contributed by atoms with Crippen LogP contribution in [-0.2, 0) is 19.2 Å². The van der Waals surface area contributed by atoms with Gasteiger partial charge < -0.3 is 0 Å². The Kier molecular flexibility index (Phi) is 4.55. The Morgan fingerprint density at radius 3 is 1.11 bits per heavy atom. The monoisotopic (exact) mass is 386 g/mol. The Balaban J connectivity index is 1.34. The average Bonchev–Trinajstić information content (AvgIpc) is 3.13. The van der Waals surface area contributed by atoms with E-state index in [2.05, 4.69) is 0 Å². The van der Waals surface area contributed by atoms with E-state index in [9.17, 15) is 19.2 Å². The lowest BCUT2D eigenvalue weighted by Crippen LogP contribution is -2.50. The van der Waals surface area contributed by atoms with Crippen molar-refractivity contribution in [3.8, 4) is 0 Å². The highest BCUT2D eigenvalue weighted by Gasteiger charge is 2.54. The average molecular weight is 386 g/mol. The lowest BCUT2D eigenvalue weighted by Gasteiger charge is -2.37. The molecule has 0 radical (unpaired) electrons. The number of amides is 4. The highest BCUT2D eigenvalue weighted by molar-refractivity contribution is 6.06. The number of carbonyl (C=O) groups excluding carboxylic acids is 4. The topological polar surface area (TPSA) is 74.8 Å². The largest absolute Gasteiger partial charge is 0.279 e. The van der Waals surface area contributed by atoms with E-state index in [4.69, 9.17) is 0 Å². The van der Waals surface area contributed by atoms with Crippen molar-refractivity contribution < 1.29 is 19.2 Å². The first-order chi connectivity index (χ1) is 13.6. The van der Waals surface area contributed by atoms with E-state index in [0.29, 0.717) is 6.42 Å². The zero-order chi connectivity index (χ0) is 19.4. The van der Waals surface area contributed by atoms with Crippen molar-refractivity contribution in [3.05, 3.63) is 0 Å². The second kappa shape index (κ2) is 6.96. The van der Waals surface area contributed by atoms with Crippen LogP contribution in [0.25, 0.3) is 0 Å². The number of hydrogen-bond donors (Lipinski definition) is 0. The van der Waals surface area contributed by atoms with Crippen molar-refractivity contribution in [3.63, 3.8) is 0 Å². The lowest BCUT2D eigenvalue weighted by atomic mass is 9.81. The first-order valence-corrected chi connectivity index (χ1v) is 11.3. The van der Waals surface area contributed by atoms with Gasteiger partial charge in [0.1, 0.15) is 0 Å². The summed E-state index contributed by atoms with van der Waals surface area (Å²) in [7, 11) is 0. The first-order valence-electron chi connectivity index (χ1n) is 11.3. The smallest absolute Gasteiger partial charge is 0.233 e. The van der Waals surface area contributed by atoms with E-state index in [1.54, 1.807) is 9.80 Å². The number of hydrogen-bond acceptors (Lipinski definition) is 4. The van der Waals surface area contributed by atoms with Gasteiger partial charge in [-0.1, -0.05) is 25.7 Å². The molecular weight excluding hydrogens is 356 g/mol. The molecule has 5 fully saturated rings. The summed E-state index contributed by atoms with van der Waals surface area (Å²) >= 11 is 0. The van der Waals surface area contributed by atoms with E-state index in [1.807, 2.05) is 0 Å². The van der Waals surface area contributed by atoms with Gasteiger partial charge in [0.2, 0.25) is 23.6 Å². The molecule has 6 nitrogen and oxygen atoms in total. The van der Waals surface area contributed by atoms with Crippen LogP contribution in [0.1, 0.15) is 77.0 Å². The number of likely N-dealkylation sites (tertiary alicyclic amines) is 2. The van der Waals surface area contributed by atoms with Crippen LogP contribution in [0.2, 0.25) is 0 Å². The molecule has 5 rings (SSSR count). The van der Waals surface area contributed by atoms with Gasteiger partial charge in [0.25, 0.3) is 0 Å². The van der Waals surface area contributed by atoms with Crippen LogP contribution in [0.4, 0.5) is 0 Å². The number of carbonyl (C=O) groups is 4. The normalized spacial score (nSPS) is 41.4. The lowest BCUT2D eigenvalue weighted by molar-refractivity contribution is -0.145. The summed E-state index contributed by atoms with van der Waals surface area (Å²) in [6.07, 6.45) is 10.5. The predicted molar refractivity (Wildman–Crippen MR) is 101 cm³/mol. The molecule has 28 heavy (non-hydrogen) atoms. The third-order valence-corrected chi connectivity index (χ3v) is 8.10. The van der Waals surface area contributed by atoms with Crippen molar-refractivity contribution in [1.82, 2.24) is 9.80 Å². The molecule has 152 valence electrons. The summed E-state index contributed by atoms with van der Waals surface area (Å²) in [6, 6.07) is -0.292. The second-order valence-corrected chi connectivity index (χ2v) is 9.56. The Hall–Kier alpha value is -1.72. The van der Waals surface area contributed by atoms with Crippen LogP contribution in [0.5, 0.6) is 0 Å². The molecule has 6 atom stereocenters. The minimum atomic E-state index is -0.146. The minimum Gasteiger partial charge on any atom is -0.279 e. The molecular formula is C22H30N2O4. The van der Waals surface area contributed by atoms with Crippen molar-refractivity contribution >= 4 is 23.6 Å². The van der Waals surface area contributed by atoms with Gasteiger partial charge in [0, 0.05) is 12.1 Å². The maximum Gasteiger partial charge on any atom is 0.233 e. The fourth-order valence-electron chi connectivity index (χ4n) is 6.70. The molecule has 0 spiro atoms. The number of imide groups is 2. The molecule has 0 aromatic heterocycles. The van der Waals surface area contributed by atoms with E-state index in [-0.39, 0.29) is 59.4 Å². The fraction of sp³-hybridized carbons (Fsp3) is 0.818. The van der Waals surface area contributed by atoms with Crippen molar-refractivity contribution in [1.29, 1.82) is 0 Å². The van der Waals surface area contributed by atoms with Gasteiger partial charge in [-0.3, -0.25) is 29.0 Å². The number of nitrogens with zero attached hydrogens (tertiary/aromatic N) is 2. The van der Waals surface area contributed by atoms with Gasteiger partial charge in [-0.2, -0.15) is 0 Å². The number of rotatable bonds is 2. The van der Waals surface area contributed by atoms with Crippen LogP contribution in [0.3, 0.4) is 0 Å². The van der Waals surface area contributed by atoms with Gasteiger partial charge in [0.05, 0.1) is 23.7 Å². The van der Waals surface area contributed by atoms with Crippen LogP contribution in [0, 0.1) is 23.7 Å². The Labute approximate surface area is 166 Å². The minimum absolute atomic E-state index is 0.00749. The summed E-state index contributed by atoms with van der Waals surface area (Å²) < 4.78 is 0. The Bertz CT molecular complexity index is 613. The standard InChI is InChI=1S/C22H30N2O4/c25-19-15-8-1-2-9-16(15)20(26)23(19)13-6-5-7-14(12-13)24-21(27)17-10-3-4-11-18(17)22(24)28/h13-18H,1-12H2. The highest BCUT2D eigenvalue weighted by Crippen LogP contribution is 2.43. The summed E-state index contributed by atoms with van der Waals surface area (Å²) in [4.78, 5) is 55.0. The summed E-state index contributed by atoms with van der Waals surface area (Å²) in [5.74, 6) is -0.472. The molecule has 6 heteroatoms. The molecule has 3 aliphatic carbocycles. The summed E-state index contributed by atoms with van der Waals surface area (Å²) in [6.45, 7) is 0. The van der Waals surface area contributed by atoms with Crippen LogP contribution >= 0.6 is 0 Å². The SMILES string of the molecule is O=C1C2CCCCC2C(=O)N1C1CCCC(N2C(=O)C3CCCCC3C2=O)C1. The zero-order valence-corrected chi connectivity index (χ0v) is 16.5. The molecule has 2 saturated heterocycles. The van der Waals surface area contributed by atoms with Crippen molar-refractivity contribution in [2.24, 2.45) is 23.7 Å². The van der Waals surface area contributed by atoms with Gasteiger partial charge in [0.15, 0.2) is 0 Å². The van der Waals surface area contributed by atoms with Crippen LogP contribution in [0.15, 0.2) is 0 Å². The van der Waals surface area contributed by atoms with Crippen LogP contribution < -0.4 is 0 Å². The van der Waals surface area contributed by atoms with Gasteiger partial charge in [-0.25, -0.2) is 0 Å². The molecule has 0 aromatic carbocycles. The molecule has 5 aliphatic rings. The third kappa shape index (κ3) is 2.66. The fourth-order valence-corrected chi connectivity index (χ4v) is 6.70. The van der Waals surface area contributed by atoms with Gasteiger partial charge in [-0.15, -0.1) is 0 Å². The van der Waals surface area contributed by atoms with E-state index in [0.717, 1.165) is 70.6 Å². The highest BCUT2D eigenvalue weighted by atomic mass is 16.2. The number of fused-ring (bicyclic) bond motifs is 2. The molecule has 2 aliphatic heterocycles. The maximum atomic E-state index is 13.0. The summed E-state index contributed by atoms with van der Waals surface area (Å²) in [5, 5.41) is 0. The first kappa shape index (κ1) is 18.3.